The molecule has 0 atom stereocenters. The van der Waals surface area contributed by atoms with Crippen molar-refractivity contribution in [2.45, 2.75) is 26.2 Å². The van der Waals surface area contributed by atoms with Gasteiger partial charge in [-0.3, -0.25) is 0 Å². The Hall–Kier alpha value is 0.210. The molecule has 3 heteroatoms. The van der Waals surface area contributed by atoms with Gasteiger partial charge in [-0.25, -0.2) is 0 Å². The van der Waals surface area contributed by atoms with Crippen molar-refractivity contribution in [1.82, 2.24) is 5.32 Å². The third-order valence-electron chi connectivity index (χ3n) is 1.21. The molecule has 1 rings (SSSR count). The first kappa shape index (κ1) is 12.8. The quantitative estimate of drug-likeness (QED) is 0.568. The van der Waals surface area contributed by atoms with Crippen LogP contribution in [0, 0.1) is 0 Å². The monoisotopic (exact) mass is 167 g/mol. The van der Waals surface area contributed by atoms with Gasteiger partial charge in [0, 0.05) is 6.61 Å². The van der Waals surface area contributed by atoms with Gasteiger partial charge in [-0.1, -0.05) is 6.42 Å². The number of hydrogen-bond donors (Lipinski definition) is 2. The average molecular weight is 168 g/mol. The Morgan fingerprint density at radius 1 is 1.20 bits per heavy atom. The topological polar surface area (TPSA) is 32.3 Å². The second kappa shape index (κ2) is 11.9. The van der Waals surface area contributed by atoms with E-state index < -0.39 is 0 Å². The van der Waals surface area contributed by atoms with Gasteiger partial charge in [0.25, 0.3) is 0 Å². The van der Waals surface area contributed by atoms with E-state index in [4.69, 9.17) is 5.11 Å². The largest absolute Gasteiger partial charge is 0.397 e. The van der Waals surface area contributed by atoms with E-state index in [1.807, 2.05) is 0 Å². The van der Waals surface area contributed by atoms with E-state index in [9.17, 15) is 0 Å². The standard InChI is InChI=1S/C5H11N.C2H6O.ClH/c1-2-4-6-5-3-1;1-2-3;/h6H,1-5H2;3H,2H2,1H3;1H. The summed E-state index contributed by atoms with van der Waals surface area (Å²) in [6, 6.07) is 0. The van der Waals surface area contributed by atoms with Crippen molar-refractivity contribution in [1.29, 1.82) is 0 Å². The van der Waals surface area contributed by atoms with Gasteiger partial charge in [-0.15, -0.1) is 12.4 Å². The Kier molecular flexibility index (Phi) is 15.3. The molecule has 1 aliphatic heterocycles. The van der Waals surface area contributed by atoms with Crippen molar-refractivity contribution in [2.75, 3.05) is 19.7 Å². The fourth-order valence-corrected chi connectivity index (χ4v) is 0.802. The highest BCUT2D eigenvalue weighted by molar-refractivity contribution is 5.85. The lowest BCUT2D eigenvalue weighted by atomic mass is 10.2. The van der Waals surface area contributed by atoms with Gasteiger partial charge >= 0.3 is 0 Å². The molecule has 1 fully saturated rings. The molecule has 1 heterocycles. The van der Waals surface area contributed by atoms with Gasteiger partial charge in [0.15, 0.2) is 0 Å². The van der Waals surface area contributed by atoms with Crippen LogP contribution in [0.5, 0.6) is 0 Å². The van der Waals surface area contributed by atoms with Crippen molar-refractivity contribution in [3.63, 3.8) is 0 Å². The number of nitrogens with one attached hydrogen (secondary N) is 1. The average Bonchev–Trinajstić information content (AvgIpc) is 1.93. The summed E-state index contributed by atoms with van der Waals surface area (Å²) >= 11 is 0. The molecule has 0 aromatic heterocycles. The maximum Gasteiger partial charge on any atom is 0.0402 e. The molecule has 1 saturated heterocycles. The number of aliphatic hydroxyl groups is 1. The highest BCUT2D eigenvalue weighted by Gasteiger charge is 1.93. The Morgan fingerprint density at radius 2 is 1.60 bits per heavy atom. The highest BCUT2D eigenvalue weighted by Crippen LogP contribution is 1.96. The van der Waals surface area contributed by atoms with Crippen LogP contribution in [0.1, 0.15) is 26.2 Å². The van der Waals surface area contributed by atoms with E-state index in [0.717, 1.165) is 0 Å². The molecule has 0 bridgehead atoms. The van der Waals surface area contributed by atoms with Crippen molar-refractivity contribution in [2.24, 2.45) is 0 Å². The summed E-state index contributed by atoms with van der Waals surface area (Å²) in [4.78, 5) is 0. The smallest absolute Gasteiger partial charge is 0.0402 e. The third kappa shape index (κ3) is 11.1. The summed E-state index contributed by atoms with van der Waals surface area (Å²) in [5, 5.41) is 10.9. The summed E-state index contributed by atoms with van der Waals surface area (Å²) < 4.78 is 0. The zero-order valence-electron chi connectivity index (χ0n) is 6.60. The first-order chi connectivity index (χ1) is 4.41. The van der Waals surface area contributed by atoms with Crippen LogP contribution in [-0.4, -0.2) is 24.8 Å². The number of hydrogen-bond acceptors (Lipinski definition) is 2. The van der Waals surface area contributed by atoms with Gasteiger partial charge in [0.1, 0.15) is 0 Å². The second-order valence-electron chi connectivity index (χ2n) is 2.13. The van der Waals surface area contributed by atoms with Crippen molar-refractivity contribution >= 4 is 12.4 Å². The third-order valence-corrected chi connectivity index (χ3v) is 1.21. The molecule has 0 radical (unpaired) electrons. The molecule has 10 heavy (non-hydrogen) atoms. The predicted molar refractivity (Wildman–Crippen MR) is 46.7 cm³/mol. The minimum absolute atomic E-state index is 0. The van der Waals surface area contributed by atoms with E-state index >= 15 is 0 Å². The van der Waals surface area contributed by atoms with Crippen LogP contribution in [0.25, 0.3) is 0 Å². The molecule has 2 N–H and O–H groups in total. The van der Waals surface area contributed by atoms with Gasteiger partial charge in [-0.05, 0) is 32.9 Å². The van der Waals surface area contributed by atoms with Gasteiger partial charge in [-0.2, -0.15) is 0 Å². The van der Waals surface area contributed by atoms with Gasteiger partial charge in [0.05, 0.1) is 0 Å². The van der Waals surface area contributed by atoms with E-state index in [1.54, 1.807) is 6.92 Å². The lowest BCUT2D eigenvalue weighted by Gasteiger charge is -2.08. The van der Waals surface area contributed by atoms with Crippen LogP contribution in [0.15, 0.2) is 0 Å². The van der Waals surface area contributed by atoms with Crippen molar-refractivity contribution in [3.8, 4) is 0 Å². The Balaban J connectivity index is 0. The molecule has 0 aromatic carbocycles. The molecule has 2 nitrogen and oxygen atoms in total. The molecule has 64 valence electrons. The van der Waals surface area contributed by atoms with Crippen molar-refractivity contribution in [3.05, 3.63) is 0 Å². The SMILES string of the molecule is C1CCNCC1.CCO.Cl. The molecule has 1 aliphatic rings. The fourth-order valence-electron chi connectivity index (χ4n) is 0.802. The minimum Gasteiger partial charge on any atom is -0.397 e. The second-order valence-corrected chi connectivity index (χ2v) is 2.13. The maximum absolute atomic E-state index is 7.57. The highest BCUT2D eigenvalue weighted by atomic mass is 35.5. The molecule has 0 amide bonds. The number of rotatable bonds is 0. The first-order valence-electron chi connectivity index (χ1n) is 3.73. The lowest BCUT2D eigenvalue weighted by molar-refractivity contribution is 0.318. The maximum atomic E-state index is 7.57. The van der Waals surface area contributed by atoms with Gasteiger partial charge in [0.2, 0.25) is 0 Å². The van der Waals surface area contributed by atoms with Crippen LogP contribution in [0.3, 0.4) is 0 Å². The van der Waals surface area contributed by atoms with Crippen LogP contribution < -0.4 is 5.32 Å². The lowest BCUT2D eigenvalue weighted by Crippen LogP contribution is -2.21. The summed E-state index contributed by atoms with van der Waals surface area (Å²) in [7, 11) is 0. The van der Waals surface area contributed by atoms with E-state index in [2.05, 4.69) is 5.32 Å². The normalized spacial score (nSPS) is 16.2. The van der Waals surface area contributed by atoms with Crippen LogP contribution >= 0.6 is 12.4 Å². The Labute approximate surface area is 69.4 Å². The number of piperidine rings is 1. The number of aliphatic hydroxyl groups excluding tert-OH is 1. The summed E-state index contributed by atoms with van der Waals surface area (Å²) in [5.41, 5.74) is 0. The first-order valence-corrected chi connectivity index (χ1v) is 3.73. The molecule has 0 aliphatic carbocycles. The van der Waals surface area contributed by atoms with E-state index in [1.165, 1.54) is 32.4 Å². The number of halogens is 1. The zero-order valence-corrected chi connectivity index (χ0v) is 7.41. The Bertz CT molecular complexity index is 37.4. The molecule has 0 saturated carbocycles. The van der Waals surface area contributed by atoms with E-state index in [-0.39, 0.29) is 19.0 Å². The molecule has 0 unspecified atom stereocenters. The summed E-state index contributed by atoms with van der Waals surface area (Å²) in [5.74, 6) is 0. The summed E-state index contributed by atoms with van der Waals surface area (Å²) in [6.45, 7) is 4.43. The molecular formula is C7H18ClNO. The molecule has 0 aromatic rings. The van der Waals surface area contributed by atoms with Crippen LogP contribution in [0.4, 0.5) is 0 Å². The minimum atomic E-state index is 0. The fraction of sp³-hybridized carbons (Fsp3) is 1.00. The van der Waals surface area contributed by atoms with Crippen LogP contribution in [0.2, 0.25) is 0 Å². The molecule has 0 spiro atoms. The zero-order chi connectivity index (χ0) is 6.95. The van der Waals surface area contributed by atoms with Gasteiger partial charge < -0.3 is 10.4 Å². The molecular weight excluding hydrogens is 150 g/mol. The van der Waals surface area contributed by atoms with E-state index in [0.29, 0.717) is 0 Å². The van der Waals surface area contributed by atoms with Crippen LogP contribution in [-0.2, 0) is 0 Å². The summed E-state index contributed by atoms with van der Waals surface area (Å²) in [6.07, 6.45) is 4.22. The Morgan fingerprint density at radius 3 is 1.70 bits per heavy atom. The predicted octanol–water partition coefficient (Wildman–Crippen LogP) is 1.18. The van der Waals surface area contributed by atoms with Crippen molar-refractivity contribution < 1.29 is 5.11 Å².